The van der Waals surface area contributed by atoms with Crippen LogP contribution in [0.2, 0.25) is 0 Å². The van der Waals surface area contributed by atoms with Crippen LogP contribution in [0.15, 0.2) is 42.6 Å². The third kappa shape index (κ3) is 14.0. The van der Waals surface area contributed by atoms with Gasteiger partial charge in [0.1, 0.15) is 30.5 Å². The fraction of sp³-hybridized carbons (Fsp3) is 0.750. The molecule has 3 saturated heterocycles. The lowest BCUT2D eigenvalue weighted by molar-refractivity contribution is -0.129. The number of hydrogen-bond acceptors (Lipinski definition) is 19. The first-order chi connectivity index (χ1) is 33.9. The minimum atomic E-state index is -0.884. The molecule has 0 radical (unpaired) electrons. The third-order valence-corrected chi connectivity index (χ3v) is 13.4. The van der Waals surface area contributed by atoms with Gasteiger partial charge in [-0.25, -0.2) is 9.59 Å². The molecule has 4 aliphatic heterocycles. The highest BCUT2D eigenvalue weighted by atomic mass is 16.6. The number of aryl methyl sites for hydroxylation is 3. The quantitative estimate of drug-likeness (QED) is 0.124. The van der Waals surface area contributed by atoms with E-state index in [2.05, 4.69) is 15.0 Å². The predicted octanol–water partition coefficient (Wildman–Crippen LogP) is 1.03. The van der Waals surface area contributed by atoms with Gasteiger partial charge >= 0.3 is 17.4 Å². The van der Waals surface area contributed by atoms with Crippen molar-refractivity contribution in [3.63, 3.8) is 0 Å². The average Bonchev–Trinajstić information content (AvgIpc) is 4.06. The van der Waals surface area contributed by atoms with E-state index in [4.69, 9.17) is 47.7 Å². The Morgan fingerprint density at radius 1 is 0.569 bits per heavy atom. The van der Waals surface area contributed by atoms with Crippen LogP contribution in [0.25, 0.3) is 0 Å². The van der Waals surface area contributed by atoms with Gasteiger partial charge in [-0.3, -0.25) is 38.1 Å². The fourth-order valence-corrected chi connectivity index (χ4v) is 8.05. The Morgan fingerprint density at radius 2 is 0.944 bits per heavy atom. The van der Waals surface area contributed by atoms with Crippen molar-refractivity contribution in [1.29, 1.82) is 0 Å². The lowest BCUT2D eigenvalue weighted by Crippen LogP contribution is -2.42. The first-order valence-corrected chi connectivity index (χ1v) is 24.4. The maximum atomic E-state index is 12.2. The number of ether oxygens (including phenoxy) is 9. The molecule has 24 nitrogen and oxygen atoms in total. The van der Waals surface area contributed by atoms with Crippen LogP contribution < -0.4 is 32.8 Å². The van der Waals surface area contributed by atoms with E-state index in [1.165, 1.54) is 21.5 Å². The van der Waals surface area contributed by atoms with Crippen LogP contribution in [0.4, 0.5) is 0 Å². The molecular weight excluding hydrogens is 949 g/mol. The van der Waals surface area contributed by atoms with Gasteiger partial charge in [-0.05, 0) is 81.6 Å². The number of methoxy groups -OCH3 is 3. The zero-order valence-corrected chi connectivity index (χ0v) is 44.0. The van der Waals surface area contributed by atoms with Crippen LogP contribution in [0.5, 0.6) is 6.01 Å². The van der Waals surface area contributed by atoms with Gasteiger partial charge in [0.25, 0.3) is 16.7 Å². The average molecular weight is 1030 g/mol. The van der Waals surface area contributed by atoms with Crippen molar-refractivity contribution in [3.8, 4) is 6.01 Å². The van der Waals surface area contributed by atoms with Crippen molar-refractivity contribution in [3.05, 3.63) is 87.3 Å². The maximum absolute atomic E-state index is 12.2. The molecule has 3 fully saturated rings. The highest BCUT2D eigenvalue weighted by Gasteiger charge is 2.51. The molecule has 7 heterocycles. The Labute approximate surface area is 418 Å². The first kappa shape index (κ1) is 60.1. The Morgan fingerprint density at radius 3 is 1.31 bits per heavy atom. The lowest BCUT2D eigenvalue weighted by atomic mass is 10.1. The van der Waals surface area contributed by atoms with E-state index in [1.807, 2.05) is 55.4 Å². The van der Waals surface area contributed by atoms with Crippen LogP contribution >= 0.6 is 0 Å². The summed E-state index contributed by atoms with van der Waals surface area (Å²) in [5.74, 6) is 0. The van der Waals surface area contributed by atoms with E-state index in [-0.39, 0.29) is 60.5 Å². The number of aliphatic hydroxyl groups is 4. The highest BCUT2D eigenvalue weighted by molar-refractivity contribution is 5.15. The number of nitrogens with one attached hydrogen (secondary N) is 2. The molecule has 24 heteroatoms. The molecule has 0 aliphatic carbocycles. The van der Waals surface area contributed by atoms with Crippen LogP contribution in [0, 0.1) is 20.8 Å². The largest absolute Gasteiger partial charge is 0.453 e. The van der Waals surface area contributed by atoms with Crippen molar-refractivity contribution in [2.24, 2.45) is 0 Å². The Hall–Kier alpha value is -4.44. The summed E-state index contributed by atoms with van der Waals surface area (Å²) in [6, 6.07) is 0.226. The predicted molar refractivity (Wildman–Crippen MR) is 260 cm³/mol. The van der Waals surface area contributed by atoms with Crippen molar-refractivity contribution in [1.82, 2.24) is 28.7 Å². The monoisotopic (exact) mass is 1030 g/mol. The van der Waals surface area contributed by atoms with E-state index in [1.54, 1.807) is 59.8 Å². The maximum Gasteiger partial charge on any atom is 0.330 e. The Bertz CT molecular complexity index is 2380. The summed E-state index contributed by atoms with van der Waals surface area (Å²) in [5.41, 5.74) is -1.09. The molecule has 18 atom stereocenters. The van der Waals surface area contributed by atoms with E-state index in [0.717, 1.165) is 6.42 Å². The summed E-state index contributed by atoms with van der Waals surface area (Å²) in [7, 11) is 4.74. The molecule has 0 saturated carbocycles. The van der Waals surface area contributed by atoms with Crippen LogP contribution in [-0.4, -0.2) is 162 Å². The standard InChI is InChI=1S/2C16H26N2O6.C11H14N2O4.C5H12O2/c2*1-6-11-12(19)13(23-10(4)9(3)22-5)15(24-11)18-7-8(2)14(20)17-16(18)21;1-3-6-7(14)8-10(16-6)13-4-5(2)9(15)12-11(13)17-8;1-4(6)5(2)7-3/h2*7,9-13,15,19H,6H2,1-5H3,(H,17,20,21);4,6-8,10,14H,3H2,1-2H3;4-6H,1-3H3/t9-,10-,11+,12?,13-,15+;9-,10-,11-,12?,13+,15-;6-,7?,8-,10-;4-,5-/m0111/s1. The highest BCUT2D eigenvalue weighted by Crippen LogP contribution is 2.40. The second-order valence-electron chi connectivity index (χ2n) is 18.5. The second kappa shape index (κ2) is 26.7. The summed E-state index contributed by atoms with van der Waals surface area (Å²) in [5, 5.41) is 39.7. The molecule has 3 aromatic rings. The number of H-pyrrole nitrogens is 2. The molecule has 4 aliphatic rings. The van der Waals surface area contributed by atoms with Crippen molar-refractivity contribution < 1.29 is 63.1 Å². The summed E-state index contributed by atoms with van der Waals surface area (Å²) in [4.78, 5) is 67.2. The number of aromatic nitrogens is 6. The van der Waals surface area contributed by atoms with Gasteiger partial charge in [0.05, 0.1) is 54.9 Å². The summed E-state index contributed by atoms with van der Waals surface area (Å²) >= 11 is 0. The molecule has 6 N–H and O–H groups in total. The molecule has 72 heavy (non-hydrogen) atoms. The molecule has 7 rings (SSSR count). The summed E-state index contributed by atoms with van der Waals surface area (Å²) < 4.78 is 54.2. The summed E-state index contributed by atoms with van der Waals surface area (Å²) in [6.07, 6.45) is -2.55. The van der Waals surface area contributed by atoms with Crippen LogP contribution in [0.1, 0.15) is 117 Å². The topological polar surface area (TPSA) is 309 Å². The minimum absolute atomic E-state index is 0.0417. The number of nitrogens with zero attached hydrogens (tertiary/aromatic N) is 4. The number of hydrogen-bond donors (Lipinski definition) is 6. The molecular formula is C48H78N6O18. The normalized spacial score (nSPS) is 29.7. The molecule has 0 spiro atoms. The van der Waals surface area contributed by atoms with Crippen LogP contribution in [-0.2, 0) is 37.9 Å². The Kier molecular flexibility index (Phi) is 22.3. The van der Waals surface area contributed by atoms with Gasteiger partial charge in [0.15, 0.2) is 24.8 Å². The van der Waals surface area contributed by atoms with E-state index >= 15 is 0 Å². The van der Waals surface area contributed by atoms with E-state index in [0.29, 0.717) is 29.5 Å². The van der Waals surface area contributed by atoms with E-state index in [9.17, 15) is 39.3 Å². The van der Waals surface area contributed by atoms with Gasteiger partial charge in [-0.1, -0.05) is 20.8 Å². The SMILES string of the molecule is CC[C@H]1O[C@@H](n2cc(C)c(=O)[nH]c2=O)[C@@H](O[C@@H](C)[C@H](C)OC)C1O.CC[C@H]1O[C@@H](n2cc(C)c(=O)[nH]c2=O)[C@@H](O[C@H](C)[C@@H](C)OC)C1O.CC[C@H]1O[C@@H]2[C@H](Oc3nc(=O)c(C)cn32)C1O.CO[C@H](C)[C@@H](C)O. The van der Waals surface area contributed by atoms with Gasteiger partial charge in [0, 0.05) is 56.6 Å². The van der Waals surface area contributed by atoms with Crippen molar-refractivity contribution in [2.45, 2.75) is 213 Å². The number of aliphatic hydroxyl groups excluding tert-OH is 4. The molecule has 3 aromatic heterocycles. The van der Waals surface area contributed by atoms with Crippen molar-refractivity contribution in [2.75, 3.05) is 21.3 Å². The van der Waals surface area contributed by atoms with Crippen molar-refractivity contribution >= 4 is 0 Å². The van der Waals surface area contributed by atoms with Gasteiger partial charge < -0.3 is 63.1 Å². The fourth-order valence-electron chi connectivity index (χ4n) is 8.05. The zero-order valence-electron chi connectivity index (χ0n) is 44.0. The number of fused-ring (bicyclic) bond motifs is 3. The zero-order chi connectivity index (χ0) is 54.0. The lowest BCUT2D eigenvalue weighted by Gasteiger charge is -2.28. The Balaban J connectivity index is 0.000000222. The molecule has 408 valence electrons. The smallest absolute Gasteiger partial charge is 0.330 e. The second-order valence-corrected chi connectivity index (χ2v) is 18.5. The number of rotatable bonds is 15. The van der Waals surface area contributed by atoms with Gasteiger partial charge in [-0.15, -0.1) is 0 Å². The molecule has 3 unspecified atom stereocenters. The third-order valence-electron chi connectivity index (χ3n) is 13.4. The summed E-state index contributed by atoms with van der Waals surface area (Å²) in [6.45, 7) is 21.5. The van der Waals surface area contributed by atoms with Gasteiger partial charge in [0.2, 0.25) is 0 Å². The number of aromatic amines is 2. The first-order valence-electron chi connectivity index (χ1n) is 24.4. The van der Waals surface area contributed by atoms with Crippen LogP contribution in [0.3, 0.4) is 0 Å². The van der Waals surface area contributed by atoms with Gasteiger partial charge in [-0.2, -0.15) is 4.98 Å². The molecule has 0 bridgehead atoms. The minimum Gasteiger partial charge on any atom is -0.453 e. The van der Waals surface area contributed by atoms with E-state index < -0.39 is 83.8 Å². The molecule has 0 amide bonds. The molecule has 0 aromatic carbocycles.